The summed E-state index contributed by atoms with van der Waals surface area (Å²) in [5, 5.41) is 10.6. The first-order chi connectivity index (χ1) is 15.8. The summed E-state index contributed by atoms with van der Waals surface area (Å²) >= 11 is 0. The zero-order valence-corrected chi connectivity index (χ0v) is 17.7. The van der Waals surface area contributed by atoms with Gasteiger partial charge in [-0.25, -0.2) is 4.98 Å². The van der Waals surface area contributed by atoms with Crippen molar-refractivity contribution in [1.82, 2.24) is 20.2 Å². The summed E-state index contributed by atoms with van der Waals surface area (Å²) in [5.74, 6) is 2.33. The lowest BCUT2D eigenvalue weighted by atomic mass is 10.1. The van der Waals surface area contributed by atoms with Crippen molar-refractivity contribution < 1.29 is 13.9 Å². The number of benzene rings is 2. The molecule has 5 aromatic rings. The highest BCUT2D eigenvalue weighted by Gasteiger charge is 2.30. The van der Waals surface area contributed by atoms with Crippen LogP contribution in [0.15, 0.2) is 59.1 Å². The van der Waals surface area contributed by atoms with E-state index in [1.807, 2.05) is 36.5 Å². The number of aromatic amines is 1. The predicted molar refractivity (Wildman–Crippen MR) is 120 cm³/mol. The Kier molecular flexibility index (Phi) is 4.61. The number of hydrogen-bond acceptors (Lipinski definition) is 6. The van der Waals surface area contributed by atoms with Crippen LogP contribution in [0.4, 0.5) is 0 Å². The number of rotatable bonds is 7. The molecule has 3 aromatic heterocycles. The van der Waals surface area contributed by atoms with Crippen molar-refractivity contribution in [3.63, 3.8) is 0 Å². The molecule has 32 heavy (non-hydrogen) atoms. The van der Waals surface area contributed by atoms with Crippen LogP contribution in [-0.2, 0) is 18.0 Å². The van der Waals surface area contributed by atoms with Gasteiger partial charge in [0.05, 0.1) is 18.3 Å². The second-order valence-electron chi connectivity index (χ2n) is 8.13. The smallest absolute Gasteiger partial charge is 0.266 e. The third-order valence-corrected chi connectivity index (χ3v) is 5.82. The Labute approximate surface area is 184 Å². The average Bonchev–Trinajstić information content (AvgIpc) is 3.44. The van der Waals surface area contributed by atoms with Gasteiger partial charge in [-0.15, -0.1) is 10.2 Å². The molecule has 6 rings (SSSR count). The van der Waals surface area contributed by atoms with Crippen LogP contribution >= 0.6 is 0 Å². The minimum absolute atomic E-state index is 0.378. The van der Waals surface area contributed by atoms with Gasteiger partial charge in [0.2, 0.25) is 5.89 Å². The molecule has 0 radical (unpaired) electrons. The maximum Gasteiger partial charge on any atom is 0.266 e. The fourth-order valence-corrected chi connectivity index (χ4v) is 4.06. The standard InChI is InChI=1S/C25H22N4O3/c1-30-14-19-22-18-11-17(31-13-15-5-3-2-4-6-15)9-10-20(18)27-21(22)12-26-23(19)25-29-28-24(32-25)16-7-8-16/h2-6,9-12,16,27H,7-8,13-14H2,1H3. The van der Waals surface area contributed by atoms with E-state index in [9.17, 15) is 0 Å². The summed E-state index contributed by atoms with van der Waals surface area (Å²) in [5.41, 5.74) is 4.64. The lowest BCUT2D eigenvalue weighted by Gasteiger charge is -2.08. The number of hydrogen-bond donors (Lipinski definition) is 1. The molecular weight excluding hydrogens is 404 g/mol. The van der Waals surface area contributed by atoms with Gasteiger partial charge in [0.15, 0.2) is 0 Å². The molecule has 3 heterocycles. The highest BCUT2D eigenvalue weighted by Crippen LogP contribution is 2.41. The SMILES string of the molecule is COCc1c(-c2nnc(C3CC3)o2)ncc2[nH]c3ccc(OCc4ccccc4)cc3c12. The first-order valence-electron chi connectivity index (χ1n) is 10.7. The lowest BCUT2D eigenvalue weighted by Crippen LogP contribution is -1.97. The fraction of sp³-hybridized carbons (Fsp3) is 0.240. The Morgan fingerprint density at radius 1 is 1.03 bits per heavy atom. The Morgan fingerprint density at radius 3 is 2.72 bits per heavy atom. The molecule has 1 saturated carbocycles. The van der Waals surface area contributed by atoms with Gasteiger partial charge in [0, 0.05) is 34.9 Å². The molecule has 160 valence electrons. The molecule has 7 nitrogen and oxygen atoms in total. The van der Waals surface area contributed by atoms with Gasteiger partial charge >= 0.3 is 0 Å². The normalized spacial score (nSPS) is 13.8. The third kappa shape index (κ3) is 3.40. The Hall–Kier alpha value is -3.71. The van der Waals surface area contributed by atoms with Crippen molar-refractivity contribution in [2.24, 2.45) is 0 Å². The van der Waals surface area contributed by atoms with Crippen LogP contribution in [0.1, 0.15) is 35.8 Å². The molecule has 1 aliphatic rings. The van der Waals surface area contributed by atoms with Crippen molar-refractivity contribution in [1.29, 1.82) is 0 Å². The molecule has 0 amide bonds. The predicted octanol–water partition coefficient (Wildman–Crippen LogP) is 5.37. The van der Waals surface area contributed by atoms with E-state index in [-0.39, 0.29) is 0 Å². The topological polar surface area (TPSA) is 86.1 Å². The van der Waals surface area contributed by atoms with Crippen LogP contribution < -0.4 is 4.74 Å². The van der Waals surface area contributed by atoms with Crippen molar-refractivity contribution in [2.45, 2.75) is 32.0 Å². The number of H-pyrrole nitrogens is 1. The Balaban J connectivity index is 1.44. The molecule has 1 fully saturated rings. The molecule has 0 saturated heterocycles. The largest absolute Gasteiger partial charge is 0.489 e. The van der Waals surface area contributed by atoms with Crippen LogP contribution in [0.25, 0.3) is 33.4 Å². The molecule has 0 aliphatic heterocycles. The van der Waals surface area contributed by atoms with E-state index in [1.54, 1.807) is 7.11 Å². The minimum Gasteiger partial charge on any atom is -0.489 e. The first kappa shape index (κ1) is 19.0. The molecule has 2 aromatic carbocycles. The van der Waals surface area contributed by atoms with Gasteiger partial charge < -0.3 is 18.9 Å². The zero-order chi connectivity index (χ0) is 21.5. The lowest BCUT2D eigenvalue weighted by molar-refractivity contribution is 0.186. The maximum absolute atomic E-state index is 6.07. The van der Waals surface area contributed by atoms with Crippen molar-refractivity contribution >= 4 is 21.8 Å². The zero-order valence-electron chi connectivity index (χ0n) is 17.7. The Morgan fingerprint density at radius 2 is 1.91 bits per heavy atom. The van der Waals surface area contributed by atoms with Crippen LogP contribution in [0, 0.1) is 0 Å². The van der Waals surface area contributed by atoms with Gasteiger partial charge in [-0.05, 0) is 36.6 Å². The van der Waals surface area contributed by atoms with Crippen LogP contribution in [0.2, 0.25) is 0 Å². The number of methoxy groups -OCH3 is 1. The van der Waals surface area contributed by atoms with E-state index in [4.69, 9.17) is 13.9 Å². The number of fused-ring (bicyclic) bond motifs is 3. The quantitative estimate of drug-likeness (QED) is 0.377. The fourth-order valence-electron chi connectivity index (χ4n) is 4.06. The molecule has 0 unspecified atom stereocenters. The molecular formula is C25H22N4O3. The third-order valence-electron chi connectivity index (χ3n) is 5.82. The summed E-state index contributed by atoms with van der Waals surface area (Å²) < 4.78 is 17.6. The Bertz CT molecular complexity index is 1400. The monoisotopic (exact) mass is 426 g/mol. The van der Waals surface area contributed by atoms with E-state index in [2.05, 4.69) is 38.4 Å². The van der Waals surface area contributed by atoms with E-state index < -0.39 is 0 Å². The van der Waals surface area contributed by atoms with Gasteiger partial charge in [-0.2, -0.15) is 0 Å². The summed E-state index contributed by atoms with van der Waals surface area (Å²) in [6.45, 7) is 0.890. The van der Waals surface area contributed by atoms with E-state index in [0.29, 0.717) is 36.6 Å². The van der Waals surface area contributed by atoms with Crippen molar-refractivity contribution in [3.05, 3.63) is 71.7 Å². The second-order valence-corrected chi connectivity index (χ2v) is 8.13. The molecule has 1 aliphatic carbocycles. The summed E-state index contributed by atoms with van der Waals surface area (Å²) in [6.07, 6.45) is 4.02. The number of nitrogens with zero attached hydrogens (tertiary/aromatic N) is 3. The van der Waals surface area contributed by atoms with Crippen molar-refractivity contribution in [2.75, 3.05) is 7.11 Å². The van der Waals surface area contributed by atoms with E-state index >= 15 is 0 Å². The molecule has 7 heteroatoms. The van der Waals surface area contributed by atoms with Crippen LogP contribution in [0.3, 0.4) is 0 Å². The molecule has 0 atom stereocenters. The van der Waals surface area contributed by atoms with E-state index in [1.165, 1.54) is 0 Å². The average molecular weight is 426 g/mol. The summed E-state index contributed by atoms with van der Waals surface area (Å²) in [6, 6.07) is 16.2. The molecule has 0 spiro atoms. The first-order valence-corrected chi connectivity index (χ1v) is 10.7. The minimum atomic E-state index is 0.378. The summed E-state index contributed by atoms with van der Waals surface area (Å²) in [4.78, 5) is 8.09. The summed E-state index contributed by atoms with van der Waals surface area (Å²) in [7, 11) is 1.68. The number of nitrogens with one attached hydrogen (secondary N) is 1. The van der Waals surface area contributed by atoms with Gasteiger partial charge in [0.25, 0.3) is 5.89 Å². The van der Waals surface area contributed by atoms with Gasteiger partial charge in [0.1, 0.15) is 18.1 Å². The number of aromatic nitrogens is 4. The highest BCUT2D eigenvalue weighted by molar-refractivity contribution is 6.10. The molecule has 0 bridgehead atoms. The number of pyridine rings is 1. The molecule has 1 N–H and O–H groups in total. The van der Waals surface area contributed by atoms with Gasteiger partial charge in [-0.1, -0.05) is 30.3 Å². The maximum atomic E-state index is 6.07. The second kappa shape index (κ2) is 7.76. The van der Waals surface area contributed by atoms with Crippen molar-refractivity contribution in [3.8, 4) is 17.3 Å². The van der Waals surface area contributed by atoms with Crippen LogP contribution in [0.5, 0.6) is 5.75 Å². The van der Waals surface area contributed by atoms with E-state index in [0.717, 1.165) is 51.5 Å². The van der Waals surface area contributed by atoms with Gasteiger partial charge in [-0.3, -0.25) is 0 Å². The number of ether oxygens (including phenoxy) is 2. The van der Waals surface area contributed by atoms with Crippen LogP contribution in [-0.4, -0.2) is 27.3 Å². The highest BCUT2D eigenvalue weighted by atomic mass is 16.5.